The van der Waals surface area contributed by atoms with Crippen LogP contribution in [0.5, 0.6) is 0 Å². The molecule has 0 fully saturated rings. The number of Topliss-reactive ketones (excluding diaryl/α,β-unsaturated/α-hetero) is 1. The molecule has 0 heterocycles. The maximum absolute atomic E-state index is 11.1. The molecule has 3 heteroatoms. The van der Waals surface area contributed by atoms with Crippen molar-refractivity contribution < 1.29 is 15.0 Å². The molecule has 1 atom stereocenters. The molecule has 1 rings (SSSR count). The van der Waals surface area contributed by atoms with E-state index < -0.39 is 5.92 Å². The van der Waals surface area contributed by atoms with Crippen LogP contribution < -0.4 is 0 Å². The summed E-state index contributed by atoms with van der Waals surface area (Å²) < 4.78 is 0. The lowest BCUT2D eigenvalue weighted by molar-refractivity contribution is -0.121. The van der Waals surface area contributed by atoms with Gasteiger partial charge in [-0.25, -0.2) is 0 Å². The van der Waals surface area contributed by atoms with E-state index in [1.54, 1.807) is 0 Å². The Morgan fingerprint density at radius 3 is 2.18 bits per heavy atom. The maximum Gasteiger partial charge on any atom is 0.151 e. The summed E-state index contributed by atoms with van der Waals surface area (Å²) in [5.41, 5.74) is 0. The zero-order valence-corrected chi connectivity index (χ0v) is 6.66. The summed E-state index contributed by atoms with van der Waals surface area (Å²) >= 11 is 0. The number of allylic oxidation sites excluding steroid dienone is 2. The van der Waals surface area contributed by atoms with Crippen LogP contribution in [-0.2, 0) is 4.79 Å². The van der Waals surface area contributed by atoms with Crippen molar-refractivity contribution in [3.05, 3.63) is 11.5 Å². The second kappa shape index (κ2) is 2.57. The third kappa shape index (κ3) is 1.23. The molecule has 0 saturated carbocycles. The fraction of sp³-hybridized carbons (Fsp3) is 0.625. The van der Waals surface area contributed by atoms with Crippen molar-refractivity contribution >= 4 is 5.78 Å². The topological polar surface area (TPSA) is 57.5 Å². The lowest BCUT2D eigenvalue weighted by Crippen LogP contribution is -2.16. The van der Waals surface area contributed by atoms with Gasteiger partial charge in [-0.05, 0) is 5.92 Å². The molecule has 62 valence electrons. The molecule has 1 aliphatic rings. The van der Waals surface area contributed by atoms with Crippen LogP contribution in [-0.4, -0.2) is 16.0 Å². The zero-order valence-electron chi connectivity index (χ0n) is 6.66. The highest BCUT2D eigenvalue weighted by Crippen LogP contribution is 2.30. The minimum Gasteiger partial charge on any atom is -0.508 e. The van der Waals surface area contributed by atoms with Gasteiger partial charge in [-0.1, -0.05) is 13.8 Å². The van der Waals surface area contributed by atoms with E-state index in [-0.39, 0.29) is 29.6 Å². The molecule has 1 unspecified atom stereocenters. The van der Waals surface area contributed by atoms with Crippen LogP contribution in [0.1, 0.15) is 20.3 Å². The number of hydrogen-bond donors (Lipinski definition) is 2. The van der Waals surface area contributed by atoms with Gasteiger partial charge in [-0.2, -0.15) is 0 Å². The van der Waals surface area contributed by atoms with E-state index in [2.05, 4.69) is 0 Å². The van der Waals surface area contributed by atoms with Gasteiger partial charge in [0.15, 0.2) is 5.78 Å². The molecule has 0 aromatic carbocycles. The monoisotopic (exact) mass is 156 g/mol. The number of carbonyl (C=O) groups is 1. The molecule has 0 radical (unpaired) electrons. The highest BCUT2D eigenvalue weighted by molar-refractivity contribution is 5.88. The number of aliphatic hydroxyl groups excluding tert-OH is 2. The second-order valence-corrected chi connectivity index (χ2v) is 3.20. The summed E-state index contributed by atoms with van der Waals surface area (Å²) in [7, 11) is 0. The largest absolute Gasteiger partial charge is 0.508 e. The molecule has 0 aromatic heterocycles. The quantitative estimate of drug-likeness (QED) is 0.605. The average molecular weight is 156 g/mol. The normalized spacial score (nSPS) is 25.4. The Bertz CT molecular complexity index is 215. The Morgan fingerprint density at radius 1 is 1.45 bits per heavy atom. The molecule has 2 N–H and O–H groups in total. The van der Waals surface area contributed by atoms with Crippen LogP contribution in [0.4, 0.5) is 0 Å². The molecule has 0 saturated heterocycles. The number of carbonyl (C=O) groups excluding carboxylic acids is 1. The first-order chi connectivity index (χ1) is 5.04. The molecule has 3 nitrogen and oxygen atoms in total. The van der Waals surface area contributed by atoms with E-state index in [9.17, 15) is 9.90 Å². The SMILES string of the molecule is CC(C)C1C(=O)CC(O)=C1O. The average Bonchev–Trinajstić information content (AvgIpc) is 2.07. The zero-order chi connectivity index (χ0) is 8.59. The molecule has 11 heavy (non-hydrogen) atoms. The van der Waals surface area contributed by atoms with Crippen LogP contribution in [0.2, 0.25) is 0 Å². The van der Waals surface area contributed by atoms with Crippen molar-refractivity contribution in [2.45, 2.75) is 20.3 Å². The molecule has 1 aliphatic carbocycles. The highest BCUT2D eigenvalue weighted by atomic mass is 16.3. The van der Waals surface area contributed by atoms with Gasteiger partial charge in [0.25, 0.3) is 0 Å². The highest BCUT2D eigenvalue weighted by Gasteiger charge is 2.35. The Labute approximate surface area is 65.3 Å². The van der Waals surface area contributed by atoms with E-state index in [1.165, 1.54) is 0 Å². The van der Waals surface area contributed by atoms with Gasteiger partial charge in [-0.3, -0.25) is 4.79 Å². The Morgan fingerprint density at radius 2 is 2.00 bits per heavy atom. The van der Waals surface area contributed by atoms with Gasteiger partial charge in [-0.15, -0.1) is 0 Å². The van der Waals surface area contributed by atoms with E-state index in [0.717, 1.165) is 0 Å². The Balaban J connectivity index is 2.88. The number of hydrogen-bond acceptors (Lipinski definition) is 3. The van der Waals surface area contributed by atoms with E-state index >= 15 is 0 Å². The van der Waals surface area contributed by atoms with Gasteiger partial charge in [0, 0.05) is 0 Å². The summed E-state index contributed by atoms with van der Waals surface area (Å²) in [6.07, 6.45) is -0.00528. The molecular weight excluding hydrogens is 144 g/mol. The number of aliphatic hydroxyl groups is 2. The molecule has 0 spiro atoms. The first kappa shape index (κ1) is 8.11. The molecule has 0 bridgehead atoms. The van der Waals surface area contributed by atoms with Crippen LogP contribution >= 0.6 is 0 Å². The summed E-state index contributed by atoms with van der Waals surface area (Å²) in [5.74, 6) is -0.796. The van der Waals surface area contributed by atoms with Crippen molar-refractivity contribution in [3.63, 3.8) is 0 Å². The van der Waals surface area contributed by atoms with Crippen LogP contribution in [0.3, 0.4) is 0 Å². The lowest BCUT2D eigenvalue weighted by Gasteiger charge is -2.11. The van der Waals surface area contributed by atoms with Gasteiger partial charge in [0.2, 0.25) is 0 Å². The van der Waals surface area contributed by atoms with Gasteiger partial charge >= 0.3 is 0 Å². The van der Waals surface area contributed by atoms with E-state index in [0.29, 0.717) is 0 Å². The third-order valence-electron chi connectivity index (χ3n) is 1.95. The van der Waals surface area contributed by atoms with Crippen LogP contribution in [0.15, 0.2) is 11.5 Å². The predicted molar refractivity (Wildman–Crippen MR) is 40.2 cm³/mol. The molecule has 0 aliphatic heterocycles. The minimum absolute atomic E-state index is 0.00528. The first-order valence-corrected chi connectivity index (χ1v) is 3.67. The number of rotatable bonds is 1. The minimum atomic E-state index is -0.477. The summed E-state index contributed by atoms with van der Waals surface area (Å²) in [6.45, 7) is 3.69. The molecule has 0 amide bonds. The van der Waals surface area contributed by atoms with Gasteiger partial charge in [0.05, 0.1) is 12.3 Å². The smallest absolute Gasteiger partial charge is 0.151 e. The first-order valence-electron chi connectivity index (χ1n) is 3.67. The van der Waals surface area contributed by atoms with Crippen molar-refractivity contribution in [2.24, 2.45) is 11.8 Å². The number of ketones is 1. The fourth-order valence-electron chi connectivity index (χ4n) is 1.39. The van der Waals surface area contributed by atoms with Crippen LogP contribution in [0.25, 0.3) is 0 Å². The predicted octanol–water partition coefficient (Wildman–Crippen LogP) is 1.56. The summed E-state index contributed by atoms with van der Waals surface area (Å²) in [6, 6.07) is 0. The Hall–Kier alpha value is -0.990. The van der Waals surface area contributed by atoms with Crippen molar-refractivity contribution in [3.8, 4) is 0 Å². The van der Waals surface area contributed by atoms with Crippen molar-refractivity contribution in [2.75, 3.05) is 0 Å². The van der Waals surface area contributed by atoms with Crippen LogP contribution in [0, 0.1) is 11.8 Å². The molecular formula is C8H12O3. The van der Waals surface area contributed by atoms with Crippen molar-refractivity contribution in [1.82, 2.24) is 0 Å². The second-order valence-electron chi connectivity index (χ2n) is 3.20. The lowest BCUT2D eigenvalue weighted by atomic mass is 9.93. The third-order valence-corrected chi connectivity index (χ3v) is 1.95. The Kier molecular flexibility index (Phi) is 1.89. The maximum atomic E-state index is 11.1. The van der Waals surface area contributed by atoms with E-state index in [4.69, 9.17) is 5.11 Å². The van der Waals surface area contributed by atoms with E-state index in [1.807, 2.05) is 13.8 Å². The summed E-state index contributed by atoms with van der Waals surface area (Å²) in [5, 5.41) is 18.2. The van der Waals surface area contributed by atoms with Gasteiger partial charge in [0.1, 0.15) is 11.5 Å². The standard InChI is InChI=1S/C8H12O3/c1-4(2)7-5(9)3-6(10)8(7)11/h4,7,10-11H,3H2,1-2H3. The van der Waals surface area contributed by atoms with Crippen molar-refractivity contribution in [1.29, 1.82) is 0 Å². The molecule has 0 aromatic rings. The van der Waals surface area contributed by atoms with Gasteiger partial charge < -0.3 is 10.2 Å². The fourth-order valence-corrected chi connectivity index (χ4v) is 1.39. The summed E-state index contributed by atoms with van der Waals surface area (Å²) in [4.78, 5) is 11.1.